The lowest BCUT2D eigenvalue weighted by molar-refractivity contribution is -0.129. The number of hydrogen-bond donors (Lipinski definition) is 0. The Labute approximate surface area is 125 Å². The van der Waals surface area contributed by atoms with Crippen molar-refractivity contribution in [2.75, 3.05) is 18.8 Å². The second-order valence-corrected chi connectivity index (χ2v) is 7.31. The zero-order valence-corrected chi connectivity index (χ0v) is 12.6. The molecule has 5 nitrogen and oxygen atoms in total. The van der Waals surface area contributed by atoms with Gasteiger partial charge in [-0.2, -0.15) is 5.26 Å². The number of nitriles is 1. The average molecular weight is 306 g/mol. The number of sulfone groups is 1. The van der Waals surface area contributed by atoms with Crippen LogP contribution in [0.2, 0.25) is 0 Å². The Morgan fingerprint density at radius 1 is 1.19 bits per heavy atom. The molecule has 112 valence electrons. The quantitative estimate of drug-likeness (QED) is 0.844. The molecule has 2 rings (SSSR count). The molecule has 1 aliphatic heterocycles. The van der Waals surface area contributed by atoms with Crippen LogP contribution in [0.4, 0.5) is 0 Å². The summed E-state index contributed by atoms with van der Waals surface area (Å²) in [6.45, 7) is 1.28. The lowest BCUT2D eigenvalue weighted by Gasteiger charge is -2.26. The van der Waals surface area contributed by atoms with Crippen molar-refractivity contribution < 1.29 is 13.2 Å². The van der Waals surface area contributed by atoms with Gasteiger partial charge < -0.3 is 4.90 Å². The maximum Gasteiger partial charge on any atom is 0.237 e. The monoisotopic (exact) mass is 306 g/mol. The molecule has 1 heterocycles. The van der Waals surface area contributed by atoms with Crippen molar-refractivity contribution in [1.29, 1.82) is 5.26 Å². The van der Waals surface area contributed by atoms with Crippen molar-refractivity contribution in [3.05, 3.63) is 35.4 Å². The van der Waals surface area contributed by atoms with E-state index in [4.69, 9.17) is 5.26 Å². The number of carbonyl (C=O) groups excluding carboxylic acids is 1. The van der Waals surface area contributed by atoms with Gasteiger partial charge >= 0.3 is 0 Å². The van der Waals surface area contributed by atoms with Gasteiger partial charge in [0.2, 0.25) is 5.91 Å². The Hall–Kier alpha value is -1.87. The molecule has 1 aromatic carbocycles. The molecule has 21 heavy (non-hydrogen) atoms. The summed E-state index contributed by atoms with van der Waals surface area (Å²) < 4.78 is 24.3. The normalized spacial score (nSPS) is 15.5. The lowest BCUT2D eigenvalue weighted by Crippen LogP contribution is -2.39. The van der Waals surface area contributed by atoms with Crippen LogP contribution in [-0.2, 0) is 20.4 Å². The van der Waals surface area contributed by atoms with E-state index < -0.39 is 15.6 Å². The van der Waals surface area contributed by atoms with Gasteiger partial charge in [-0.25, -0.2) is 8.42 Å². The number of nitrogens with zero attached hydrogens (tertiary/aromatic N) is 2. The second-order valence-electron chi connectivity index (χ2n) is 5.24. The predicted octanol–water partition coefficient (Wildman–Crippen LogP) is 1.49. The average Bonchev–Trinajstić information content (AvgIpc) is 2.47. The third-order valence-electron chi connectivity index (χ3n) is 3.57. The molecule has 0 aliphatic carbocycles. The summed E-state index contributed by atoms with van der Waals surface area (Å²) in [6, 6.07) is 8.55. The molecule has 1 aliphatic rings. The van der Waals surface area contributed by atoms with Gasteiger partial charge in [0, 0.05) is 13.1 Å². The Kier molecular flexibility index (Phi) is 4.97. The van der Waals surface area contributed by atoms with E-state index in [1.807, 2.05) is 6.07 Å². The zero-order valence-electron chi connectivity index (χ0n) is 11.8. The second kappa shape index (κ2) is 6.72. The first-order valence-electron chi connectivity index (χ1n) is 6.98. The van der Waals surface area contributed by atoms with Crippen LogP contribution in [0, 0.1) is 11.3 Å². The third-order valence-corrected chi connectivity index (χ3v) is 5.00. The van der Waals surface area contributed by atoms with Crippen molar-refractivity contribution in [3.8, 4) is 6.07 Å². The number of rotatable bonds is 4. The molecule has 1 amide bonds. The van der Waals surface area contributed by atoms with Crippen LogP contribution in [0.3, 0.4) is 0 Å². The highest BCUT2D eigenvalue weighted by Gasteiger charge is 2.24. The number of piperidine rings is 1. The summed E-state index contributed by atoms with van der Waals surface area (Å²) in [4.78, 5) is 13.7. The maximum absolute atomic E-state index is 12.2. The molecule has 0 saturated carbocycles. The van der Waals surface area contributed by atoms with E-state index in [1.165, 1.54) is 0 Å². The van der Waals surface area contributed by atoms with E-state index in [0.29, 0.717) is 24.2 Å². The molecule has 1 fully saturated rings. The van der Waals surface area contributed by atoms with E-state index >= 15 is 0 Å². The van der Waals surface area contributed by atoms with Crippen LogP contribution in [0.25, 0.3) is 0 Å². The van der Waals surface area contributed by atoms with Crippen molar-refractivity contribution in [2.24, 2.45) is 0 Å². The van der Waals surface area contributed by atoms with Crippen LogP contribution in [0.15, 0.2) is 24.3 Å². The molecular weight excluding hydrogens is 288 g/mol. The summed E-state index contributed by atoms with van der Waals surface area (Å²) in [5, 5.41) is 8.98. The minimum Gasteiger partial charge on any atom is -0.342 e. The number of carbonyl (C=O) groups is 1. The topological polar surface area (TPSA) is 78.2 Å². The molecule has 6 heteroatoms. The Morgan fingerprint density at radius 2 is 1.86 bits per heavy atom. The fourth-order valence-corrected chi connectivity index (χ4v) is 3.85. The first kappa shape index (κ1) is 15.5. The summed E-state index contributed by atoms with van der Waals surface area (Å²) in [5.41, 5.74) is 0.790. The van der Waals surface area contributed by atoms with Crippen molar-refractivity contribution in [2.45, 2.75) is 25.0 Å². The Bertz CT molecular complexity index is 656. The molecule has 0 N–H and O–H groups in total. The van der Waals surface area contributed by atoms with Crippen LogP contribution < -0.4 is 0 Å². The Morgan fingerprint density at radius 3 is 2.52 bits per heavy atom. The van der Waals surface area contributed by atoms with Crippen molar-refractivity contribution in [1.82, 2.24) is 4.90 Å². The highest BCUT2D eigenvalue weighted by atomic mass is 32.2. The molecule has 0 spiro atoms. The number of benzene rings is 1. The van der Waals surface area contributed by atoms with Gasteiger partial charge in [0.15, 0.2) is 9.84 Å². The van der Waals surface area contributed by atoms with Crippen molar-refractivity contribution in [3.63, 3.8) is 0 Å². The molecule has 0 aromatic heterocycles. The van der Waals surface area contributed by atoms with Crippen molar-refractivity contribution >= 4 is 15.7 Å². The minimum absolute atomic E-state index is 0.268. The number of hydrogen-bond acceptors (Lipinski definition) is 4. The lowest BCUT2D eigenvalue weighted by atomic mass is 10.1. The molecule has 0 radical (unpaired) electrons. The van der Waals surface area contributed by atoms with Crippen LogP contribution in [0.1, 0.15) is 30.4 Å². The molecular formula is C15H18N2O3S. The first-order valence-corrected chi connectivity index (χ1v) is 8.80. The highest BCUT2D eigenvalue weighted by Crippen LogP contribution is 2.14. The van der Waals surface area contributed by atoms with Gasteiger partial charge in [-0.1, -0.05) is 18.2 Å². The fourth-order valence-electron chi connectivity index (χ4n) is 2.47. The van der Waals surface area contributed by atoms with Crippen LogP contribution >= 0.6 is 0 Å². The summed E-state index contributed by atoms with van der Waals surface area (Å²) in [7, 11) is -3.56. The highest BCUT2D eigenvalue weighted by molar-refractivity contribution is 7.91. The van der Waals surface area contributed by atoms with Crippen LogP contribution in [0.5, 0.6) is 0 Å². The van der Waals surface area contributed by atoms with Gasteiger partial charge in [0.25, 0.3) is 0 Å². The third kappa shape index (κ3) is 4.30. The van der Waals surface area contributed by atoms with E-state index in [-0.39, 0.29) is 11.7 Å². The minimum atomic E-state index is -3.56. The molecule has 1 aromatic rings. The van der Waals surface area contributed by atoms with E-state index in [9.17, 15) is 13.2 Å². The van der Waals surface area contributed by atoms with E-state index in [1.54, 1.807) is 29.2 Å². The molecule has 0 unspecified atom stereocenters. The smallest absolute Gasteiger partial charge is 0.237 e. The fraction of sp³-hybridized carbons (Fsp3) is 0.467. The van der Waals surface area contributed by atoms with E-state index in [0.717, 1.165) is 19.3 Å². The van der Waals surface area contributed by atoms with Crippen LogP contribution in [-0.4, -0.2) is 38.1 Å². The zero-order chi connectivity index (χ0) is 15.3. The SMILES string of the molecule is N#Cc1ccccc1CS(=O)(=O)CC(=O)N1CCCCC1. The first-order chi connectivity index (χ1) is 10.0. The Balaban J connectivity index is 2.05. The summed E-state index contributed by atoms with van der Waals surface area (Å²) in [5.74, 6) is -1.08. The predicted molar refractivity (Wildman–Crippen MR) is 79.1 cm³/mol. The van der Waals surface area contributed by atoms with Gasteiger partial charge in [-0.3, -0.25) is 4.79 Å². The standard InChI is InChI=1S/C15H18N2O3S/c16-10-13-6-2-3-7-14(13)11-21(19,20)12-15(18)17-8-4-1-5-9-17/h2-3,6-7H,1,4-5,8-9,11-12H2. The molecule has 0 bridgehead atoms. The van der Waals surface area contributed by atoms with Gasteiger partial charge in [-0.05, 0) is 30.9 Å². The van der Waals surface area contributed by atoms with E-state index in [2.05, 4.69) is 0 Å². The molecule has 1 saturated heterocycles. The van der Waals surface area contributed by atoms with Gasteiger partial charge in [0.1, 0.15) is 5.75 Å². The number of likely N-dealkylation sites (tertiary alicyclic amines) is 1. The summed E-state index contributed by atoms with van der Waals surface area (Å²) in [6.07, 6.45) is 2.96. The van der Waals surface area contributed by atoms with Gasteiger partial charge in [0.05, 0.1) is 17.4 Å². The number of amides is 1. The van der Waals surface area contributed by atoms with Gasteiger partial charge in [-0.15, -0.1) is 0 Å². The maximum atomic E-state index is 12.2. The summed E-state index contributed by atoms with van der Waals surface area (Å²) >= 11 is 0. The largest absolute Gasteiger partial charge is 0.342 e. The molecule has 0 atom stereocenters.